The molecule has 0 aromatic carbocycles. The molecule has 84 valence electrons. The fourth-order valence-electron chi connectivity index (χ4n) is 2.35. The van der Waals surface area contributed by atoms with Crippen LogP contribution < -0.4 is 5.32 Å². The Morgan fingerprint density at radius 3 is 2.87 bits per heavy atom. The van der Waals surface area contributed by atoms with Crippen molar-refractivity contribution in [3.8, 4) is 0 Å². The summed E-state index contributed by atoms with van der Waals surface area (Å²) in [5, 5.41) is 5.72. The van der Waals surface area contributed by atoms with Gasteiger partial charge in [-0.05, 0) is 48.6 Å². The van der Waals surface area contributed by atoms with Crippen LogP contribution in [0.2, 0.25) is 0 Å². The van der Waals surface area contributed by atoms with Crippen molar-refractivity contribution in [1.82, 2.24) is 5.32 Å². The highest BCUT2D eigenvalue weighted by Gasteiger charge is 2.41. The van der Waals surface area contributed by atoms with Crippen molar-refractivity contribution in [2.75, 3.05) is 13.1 Å². The quantitative estimate of drug-likeness (QED) is 0.780. The van der Waals surface area contributed by atoms with Crippen LogP contribution in [0.4, 0.5) is 0 Å². The summed E-state index contributed by atoms with van der Waals surface area (Å²) < 4.78 is 0. The van der Waals surface area contributed by atoms with Crippen molar-refractivity contribution in [1.29, 1.82) is 0 Å². The molecule has 1 fully saturated rings. The van der Waals surface area contributed by atoms with E-state index in [9.17, 15) is 0 Å². The van der Waals surface area contributed by atoms with E-state index in [-0.39, 0.29) is 0 Å². The van der Waals surface area contributed by atoms with Crippen molar-refractivity contribution in [2.45, 2.75) is 33.1 Å². The molecule has 1 unspecified atom stereocenters. The van der Waals surface area contributed by atoms with Gasteiger partial charge >= 0.3 is 0 Å². The lowest BCUT2D eigenvalue weighted by Gasteiger charge is -2.29. The van der Waals surface area contributed by atoms with Gasteiger partial charge < -0.3 is 5.32 Å². The number of nitrogens with one attached hydrogen (secondary N) is 1. The molecule has 1 aliphatic rings. The molecule has 1 nitrogen and oxygen atoms in total. The average molecular weight is 223 g/mol. The Morgan fingerprint density at radius 2 is 2.33 bits per heavy atom. The molecule has 1 N–H and O–H groups in total. The first-order valence-corrected chi connectivity index (χ1v) is 6.85. The van der Waals surface area contributed by atoms with Crippen molar-refractivity contribution in [3.63, 3.8) is 0 Å². The zero-order valence-electron chi connectivity index (χ0n) is 9.75. The van der Waals surface area contributed by atoms with E-state index in [4.69, 9.17) is 0 Å². The molecule has 1 saturated carbocycles. The van der Waals surface area contributed by atoms with E-state index >= 15 is 0 Å². The monoisotopic (exact) mass is 223 g/mol. The summed E-state index contributed by atoms with van der Waals surface area (Å²) in [6.45, 7) is 6.91. The van der Waals surface area contributed by atoms with E-state index in [0.717, 1.165) is 12.5 Å². The molecule has 2 rings (SSSR count). The molecule has 0 amide bonds. The second-order valence-electron chi connectivity index (χ2n) is 4.96. The topological polar surface area (TPSA) is 12.0 Å². The summed E-state index contributed by atoms with van der Waals surface area (Å²) in [6.07, 6.45) is 4.13. The highest BCUT2D eigenvalue weighted by atomic mass is 32.1. The van der Waals surface area contributed by atoms with Crippen LogP contribution in [0.25, 0.3) is 0 Å². The van der Waals surface area contributed by atoms with Gasteiger partial charge in [-0.1, -0.05) is 19.9 Å². The van der Waals surface area contributed by atoms with E-state index in [2.05, 4.69) is 36.7 Å². The lowest BCUT2D eigenvalue weighted by atomic mass is 9.81. The van der Waals surface area contributed by atoms with Gasteiger partial charge in [-0.25, -0.2) is 0 Å². The van der Waals surface area contributed by atoms with Gasteiger partial charge in [0.2, 0.25) is 0 Å². The molecular formula is C13H21NS. The van der Waals surface area contributed by atoms with Crippen LogP contribution in [-0.2, 0) is 6.42 Å². The average Bonchev–Trinajstić information content (AvgIpc) is 2.98. The van der Waals surface area contributed by atoms with Crippen LogP contribution in [0.1, 0.15) is 31.6 Å². The smallest absolute Gasteiger partial charge is 0.00512 e. The zero-order valence-corrected chi connectivity index (χ0v) is 10.6. The largest absolute Gasteiger partial charge is 0.316 e. The Kier molecular flexibility index (Phi) is 3.47. The maximum absolute atomic E-state index is 3.53. The molecule has 1 aromatic heterocycles. The maximum Gasteiger partial charge on any atom is 0.00512 e. The fraction of sp³-hybridized carbons (Fsp3) is 0.692. The molecule has 1 atom stereocenters. The Labute approximate surface area is 96.9 Å². The molecule has 0 saturated heterocycles. The Balaban J connectivity index is 1.98. The number of thiophene rings is 1. The molecule has 15 heavy (non-hydrogen) atoms. The van der Waals surface area contributed by atoms with Crippen LogP contribution in [0, 0.1) is 11.3 Å². The van der Waals surface area contributed by atoms with Gasteiger partial charge in [0, 0.05) is 11.4 Å². The van der Waals surface area contributed by atoms with Crippen LogP contribution in [0.5, 0.6) is 0 Å². The predicted molar refractivity (Wildman–Crippen MR) is 67.4 cm³/mol. The first-order valence-electron chi connectivity index (χ1n) is 5.98. The second kappa shape index (κ2) is 4.67. The highest BCUT2D eigenvalue weighted by molar-refractivity contribution is 7.09. The summed E-state index contributed by atoms with van der Waals surface area (Å²) in [4.78, 5) is 1.54. The molecule has 0 spiro atoms. The summed E-state index contributed by atoms with van der Waals surface area (Å²) in [6, 6.07) is 4.44. The van der Waals surface area contributed by atoms with E-state index < -0.39 is 0 Å². The first-order chi connectivity index (χ1) is 7.24. The van der Waals surface area contributed by atoms with Crippen LogP contribution in [-0.4, -0.2) is 13.1 Å². The third-order valence-corrected chi connectivity index (χ3v) is 4.38. The van der Waals surface area contributed by atoms with Crippen molar-refractivity contribution < 1.29 is 0 Å². The summed E-state index contributed by atoms with van der Waals surface area (Å²) in [7, 11) is 0. The SMILES string of the molecule is CCNCC(C)(Cc1cccs1)C1CC1. The van der Waals surface area contributed by atoms with Crippen LogP contribution >= 0.6 is 11.3 Å². The van der Waals surface area contributed by atoms with Gasteiger partial charge in [-0.15, -0.1) is 11.3 Å². The minimum absolute atomic E-state index is 0.487. The van der Waals surface area contributed by atoms with Gasteiger partial charge in [-0.2, -0.15) is 0 Å². The van der Waals surface area contributed by atoms with E-state index in [1.54, 1.807) is 4.88 Å². The predicted octanol–water partition coefficient (Wildman–Crippen LogP) is 3.32. The fourth-order valence-corrected chi connectivity index (χ4v) is 3.26. The van der Waals surface area contributed by atoms with Crippen LogP contribution in [0.3, 0.4) is 0 Å². The van der Waals surface area contributed by atoms with E-state index in [1.165, 1.54) is 25.8 Å². The Bertz CT molecular complexity index is 289. The summed E-state index contributed by atoms with van der Waals surface area (Å²) >= 11 is 1.90. The third kappa shape index (κ3) is 2.82. The zero-order chi connectivity index (χ0) is 10.7. The van der Waals surface area contributed by atoms with Gasteiger partial charge in [0.1, 0.15) is 0 Å². The molecule has 0 bridgehead atoms. The molecule has 0 radical (unpaired) electrons. The van der Waals surface area contributed by atoms with Gasteiger partial charge in [0.25, 0.3) is 0 Å². The maximum atomic E-state index is 3.53. The number of hydrogen-bond acceptors (Lipinski definition) is 2. The number of rotatable bonds is 6. The Morgan fingerprint density at radius 1 is 1.53 bits per heavy atom. The normalized spacial score (nSPS) is 20.1. The molecule has 1 aliphatic carbocycles. The van der Waals surface area contributed by atoms with Crippen molar-refractivity contribution in [2.24, 2.45) is 11.3 Å². The minimum atomic E-state index is 0.487. The van der Waals surface area contributed by atoms with Crippen LogP contribution in [0.15, 0.2) is 17.5 Å². The highest BCUT2D eigenvalue weighted by Crippen LogP contribution is 2.47. The summed E-state index contributed by atoms with van der Waals surface area (Å²) in [5.41, 5.74) is 0.487. The second-order valence-corrected chi connectivity index (χ2v) is 6.00. The lowest BCUT2D eigenvalue weighted by Crippen LogP contribution is -2.35. The molecule has 0 aliphatic heterocycles. The third-order valence-electron chi connectivity index (χ3n) is 3.50. The molecule has 1 aromatic rings. The van der Waals surface area contributed by atoms with E-state index in [1.807, 2.05) is 11.3 Å². The first kappa shape index (κ1) is 11.2. The standard InChI is InChI=1S/C13H21NS/c1-3-14-10-13(2,11-6-7-11)9-12-5-4-8-15-12/h4-5,8,11,14H,3,6-7,9-10H2,1-2H3. The van der Waals surface area contributed by atoms with Crippen molar-refractivity contribution >= 4 is 11.3 Å². The number of hydrogen-bond donors (Lipinski definition) is 1. The van der Waals surface area contributed by atoms with Gasteiger partial charge in [-0.3, -0.25) is 0 Å². The Hall–Kier alpha value is -0.340. The summed E-state index contributed by atoms with van der Waals surface area (Å²) in [5.74, 6) is 0.957. The van der Waals surface area contributed by atoms with Gasteiger partial charge in [0.15, 0.2) is 0 Å². The molecular weight excluding hydrogens is 202 g/mol. The van der Waals surface area contributed by atoms with Gasteiger partial charge in [0.05, 0.1) is 0 Å². The van der Waals surface area contributed by atoms with E-state index in [0.29, 0.717) is 5.41 Å². The van der Waals surface area contributed by atoms with Crippen molar-refractivity contribution in [3.05, 3.63) is 22.4 Å². The minimum Gasteiger partial charge on any atom is -0.316 e. The lowest BCUT2D eigenvalue weighted by molar-refractivity contribution is 0.260. The molecule has 2 heteroatoms. The molecule has 1 heterocycles.